The van der Waals surface area contributed by atoms with Crippen molar-refractivity contribution in [2.24, 2.45) is 0 Å². The second-order valence-electron chi connectivity index (χ2n) is 4.22. The van der Waals surface area contributed by atoms with Crippen molar-refractivity contribution in [3.63, 3.8) is 0 Å². The highest BCUT2D eigenvalue weighted by molar-refractivity contribution is 7.16. The quantitative estimate of drug-likeness (QED) is 0.774. The molecule has 2 heterocycles. The Morgan fingerprint density at radius 1 is 1.14 bits per heavy atom. The van der Waals surface area contributed by atoms with Crippen LogP contribution >= 0.6 is 11.3 Å². The average molecular weight is 301 g/mol. The van der Waals surface area contributed by atoms with Crippen LogP contribution in [0.15, 0.2) is 35.7 Å². The summed E-state index contributed by atoms with van der Waals surface area (Å²) in [7, 11) is 1.78. The Morgan fingerprint density at radius 2 is 1.95 bits per heavy atom. The molecule has 0 fully saturated rings. The summed E-state index contributed by atoms with van der Waals surface area (Å²) < 4.78 is 11.5. The maximum absolute atomic E-state index is 5.97. The second-order valence-corrected chi connectivity index (χ2v) is 5.12. The number of hydrogen-bond donors (Lipinski definition) is 1. The monoisotopic (exact) mass is 301 g/mol. The Hall–Kier alpha value is -2.34. The molecule has 0 aliphatic carbocycles. The van der Waals surface area contributed by atoms with Crippen LogP contribution in [0.25, 0.3) is 10.2 Å². The number of hydrogen-bond acceptors (Lipinski definition) is 6. The van der Waals surface area contributed by atoms with Crippen LogP contribution in [0.2, 0.25) is 0 Å². The molecule has 3 aromatic rings. The van der Waals surface area contributed by atoms with Gasteiger partial charge in [-0.25, -0.2) is 4.98 Å². The Bertz CT molecular complexity index is 758. The SMILES string of the molecule is CCOc1ccccc1Oc1nc(NC)nc2sccc12. The fraction of sp³-hybridized carbons (Fsp3) is 0.200. The lowest BCUT2D eigenvalue weighted by molar-refractivity contribution is 0.320. The Kier molecular flexibility index (Phi) is 3.87. The molecule has 0 unspecified atom stereocenters. The van der Waals surface area contributed by atoms with Crippen LogP contribution in [0.4, 0.5) is 5.95 Å². The molecule has 1 aromatic carbocycles. The summed E-state index contributed by atoms with van der Waals surface area (Å²) in [5, 5.41) is 5.81. The van der Waals surface area contributed by atoms with Crippen LogP contribution < -0.4 is 14.8 Å². The van der Waals surface area contributed by atoms with Crippen molar-refractivity contribution in [1.29, 1.82) is 0 Å². The van der Waals surface area contributed by atoms with E-state index in [4.69, 9.17) is 9.47 Å². The predicted molar refractivity (Wildman–Crippen MR) is 84.6 cm³/mol. The smallest absolute Gasteiger partial charge is 0.233 e. The molecular formula is C15H15N3O2S. The molecule has 3 rings (SSSR count). The zero-order valence-corrected chi connectivity index (χ0v) is 12.6. The summed E-state index contributed by atoms with van der Waals surface area (Å²) in [6.45, 7) is 2.53. The van der Waals surface area contributed by atoms with Gasteiger partial charge in [-0.15, -0.1) is 11.3 Å². The molecule has 0 radical (unpaired) electrons. The molecule has 108 valence electrons. The van der Waals surface area contributed by atoms with Crippen LogP contribution in [0.1, 0.15) is 6.92 Å². The number of anilines is 1. The molecule has 0 atom stereocenters. The van der Waals surface area contributed by atoms with Crippen molar-refractivity contribution in [3.8, 4) is 17.4 Å². The lowest BCUT2D eigenvalue weighted by Crippen LogP contribution is -1.99. The van der Waals surface area contributed by atoms with Gasteiger partial charge in [-0.2, -0.15) is 4.98 Å². The number of nitrogens with one attached hydrogen (secondary N) is 1. The van der Waals surface area contributed by atoms with E-state index in [1.807, 2.05) is 42.6 Å². The highest BCUT2D eigenvalue weighted by atomic mass is 32.1. The van der Waals surface area contributed by atoms with Gasteiger partial charge in [0.2, 0.25) is 11.8 Å². The van der Waals surface area contributed by atoms with Gasteiger partial charge in [-0.1, -0.05) is 12.1 Å². The van der Waals surface area contributed by atoms with Crippen LogP contribution in [0.5, 0.6) is 17.4 Å². The van der Waals surface area contributed by atoms with Crippen LogP contribution in [0, 0.1) is 0 Å². The first-order valence-electron chi connectivity index (χ1n) is 6.64. The minimum atomic E-state index is 0.526. The topological polar surface area (TPSA) is 56.3 Å². The standard InChI is InChI=1S/C15H15N3O2S/c1-3-19-11-6-4-5-7-12(11)20-13-10-8-9-21-14(10)18-15(16-2)17-13/h4-9H,3H2,1-2H3,(H,16,17,18). The van der Waals surface area contributed by atoms with Crippen molar-refractivity contribution >= 4 is 27.5 Å². The van der Waals surface area contributed by atoms with E-state index in [-0.39, 0.29) is 0 Å². The van der Waals surface area contributed by atoms with Gasteiger partial charge in [0.15, 0.2) is 11.5 Å². The second kappa shape index (κ2) is 5.97. The first kappa shape index (κ1) is 13.6. The molecule has 5 nitrogen and oxygen atoms in total. The molecule has 0 saturated heterocycles. The van der Waals surface area contributed by atoms with Crippen molar-refractivity contribution in [2.45, 2.75) is 6.92 Å². The van der Waals surface area contributed by atoms with Gasteiger partial charge in [-0.05, 0) is 30.5 Å². The minimum absolute atomic E-state index is 0.526. The normalized spacial score (nSPS) is 10.6. The zero-order valence-electron chi connectivity index (χ0n) is 11.8. The Morgan fingerprint density at radius 3 is 2.71 bits per heavy atom. The van der Waals surface area contributed by atoms with E-state index in [2.05, 4.69) is 15.3 Å². The molecule has 2 aromatic heterocycles. The third-order valence-electron chi connectivity index (χ3n) is 2.87. The van der Waals surface area contributed by atoms with Crippen LogP contribution in [-0.4, -0.2) is 23.6 Å². The molecule has 0 saturated carbocycles. The lowest BCUT2D eigenvalue weighted by Gasteiger charge is -2.11. The first-order valence-corrected chi connectivity index (χ1v) is 7.52. The summed E-state index contributed by atoms with van der Waals surface area (Å²) in [6, 6.07) is 9.52. The molecule has 0 aliphatic rings. The summed E-state index contributed by atoms with van der Waals surface area (Å²) in [5.74, 6) is 2.41. The van der Waals surface area contributed by atoms with E-state index in [0.717, 1.165) is 10.2 Å². The van der Waals surface area contributed by atoms with Crippen molar-refractivity contribution < 1.29 is 9.47 Å². The van der Waals surface area contributed by atoms with Gasteiger partial charge in [0.1, 0.15) is 4.83 Å². The first-order chi connectivity index (χ1) is 10.3. The molecule has 0 amide bonds. The summed E-state index contributed by atoms with van der Waals surface area (Å²) in [6.07, 6.45) is 0. The average Bonchev–Trinajstić information content (AvgIpc) is 2.98. The fourth-order valence-corrected chi connectivity index (χ4v) is 2.69. The molecule has 1 N–H and O–H groups in total. The van der Waals surface area contributed by atoms with Gasteiger partial charge in [0.25, 0.3) is 0 Å². The zero-order chi connectivity index (χ0) is 14.7. The molecular weight excluding hydrogens is 286 g/mol. The van der Waals surface area contributed by atoms with E-state index < -0.39 is 0 Å². The van der Waals surface area contributed by atoms with Crippen molar-refractivity contribution in [2.75, 3.05) is 19.0 Å². The lowest BCUT2D eigenvalue weighted by atomic mass is 10.3. The number of rotatable bonds is 5. The summed E-state index contributed by atoms with van der Waals surface area (Å²) in [4.78, 5) is 9.68. The molecule has 21 heavy (non-hydrogen) atoms. The predicted octanol–water partition coefficient (Wildman–Crippen LogP) is 3.92. The Labute approximate surface area is 126 Å². The molecule has 0 bridgehead atoms. The van der Waals surface area contributed by atoms with E-state index >= 15 is 0 Å². The fourth-order valence-electron chi connectivity index (χ4n) is 1.93. The van der Waals surface area contributed by atoms with E-state index in [1.54, 1.807) is 18.4 Å². The number of ether oxygens (including phenoxy) is 2. The van der Waals surface area contributed by atoms with Crippen molar-refractivity contribution in [1.82, 2.24) is 9.97 Å². The van der Waals surface area contributed by atoms with E-state index in [1.165, 1.54) is 0 Å². The summed E-state index contributed by atoms with van der Waals surface area (Å²) in [5.41, 5.74) is 0. The molecule has 0 spiro atoms. The van der Waals surface area contributed by atoms with Gasteiger partial charge in [0.05, 0.1) is 12.0 Å². The van der Waals surface area contributed by atoms with Crippen molar-refractivity contribution in [3.05, 3.63) is 35.7 Å². The number of thiophene rings is 1. The third kappa shape index (κ3) is 2.75. The maximum Gasteiger partial charge on any atom is 0.233 e. The third-order valence-corrected chi connectivity index (χ3v) is 3.68. The number of nitrogens with zero attached hydrogens (tertiary/aromatic N) is 2. The molecule has 0 aliphatic heterocycles. The summed E-state index contributed by atoms with van der Waals surface area (Å²) >= 11 is 1.55. The van der Waals surface area contributed by atoms with Gasteiger partial charge < -0.3 is 14.8 Å². The minimum Gasteiger partial charge on any atom is -0.490 e. The highest BCUT2D eigenvalue weighted by Gasteiger charge is 2.12. The van der Waals surface area contributed by atoms with E-state index in [0.29, 0.717) is 29.9 Å². The van der Waals surface area contributed by atoms with Crippen LogP contribution in [-0.2, 0) is 0 Å². The number of fused-ring (bicyclic) bond motifs is 1. The van der Waals surface area contributed by atoms with Gasteiger partial charge in [-0.3, -0.25) is 0 Å². The van der Waals surface area contributed by atoms with Gasteiger partial charge >= 0.3 is 0 Å². The van der Waals surface area contributed by atoms with E-state index in [9.17, 15) is 0 Å². The Balaban J connectivity index is 2.03. The van der Waals surface area contributed by atoms with Gasteiger partial charge in [0, 0.05) is 7.05 Å². The number of aromatic nitrogens is 2. The largest absolute Gasteiger partial charge is 0.490 e. The number of para-hydroxylation sites is 2. The highest BCUT2D eigenvalue weighted by Crippen LogP contribution is 2.35. The number of benzene rings is 1. The maximum atomic E-state index is 5.97. The van der Waals surface area contributed by atoms with Crippen LogP contribution in [0.3, 0.4) is 0 Å². The molecule has 6 heteroatoms.